The lowest BCUT2D eigenvalue weighted by Gasteiger charge is -2.15. The number of benzene rings is 2. The second kappa shape index (κ2) is 9.96. The average molecular weight is 484 g/mol. The summed E-state index contributed by atoms with van der Waals surface area (Å²) in [5.41, 5.74) is 0.732. The third-order valence-corrected chi connectivity index (χ3v) is 6.40. The molecule has 0 bridgehead atoms. The molecular formula is C23H22FN5O4S. The van der Waals surface area contributed by atoms with Crippen LogP contribution in [0.25, 0.3) is 11.3 Å². The van der Waals surface area contributed by atoms with Gasteiger partial charge in [0.1, 0.15) is 17.3 Å². The van der Waals surface area contributed by atoms with Crippen molar-refractivity contribution in [2.75, 3.05) is 19.5 Å². The zero-order valence-corrected chi connectivity index (χ0v) is 19.5. The summed E-state index contributed by atoms with van der Waals surface area (Å²) >= 11 is 1.20. The topological polar surface area (TPSA) is 99.8 Å². The molecule has 0 spiro atoms. The largest absolute Gasteiger partial charge is 0.497 e. The van der Waals surface area contributed by atoms with Crippen molar-refractivity contribution in [2.24, 2.45) is 0 Å². The molecule has 1 amide bonds. The Labute approximate surface area is 198 Å². The van der Waals surface area contributed by atoms with Crippen molar-refractivity contribution in [3.05, 3.63) is 71.0 Å². The zero-order chi connectivity index (χ0) is 24.2. The molecule has 0 radical (unpaired) electrons. The predicted molar refractivity (Wildman–Crippen MR) is 127 cm³/mol. The van der Waals surface area contributed by atoms with E-state index in [1.807, 2.05) is 6.92 Å². The molecule has 1 atom stereocenters. The highest BCUT2D eigenvalue weighted by Crippen LogP contribution is 2.28. The number of methoxy groups -OCH3 is 2. The van der Waals surface area contributed by atoms with E-state index in [2.05, 4.69) is 15.5 Å². The van der Waals surface area contributed by atoms with Gasteiger partial charge in [-0.1, -0.05) is 18.7 Å². The van der Waals surface area contributed by atoms with Gasteiger partial charge in [-0.25, -0.2) is 4.39 Å². The first kappa shape index (κ1) is 23.3. The van der Waals surface area contributed by atoms with Gasteiger partial charge in [0.15, 0.2) is 5.16 Å². The van der Waals surface area contributed by atoms with Crippen molar-refractivity contribution < 1.29 is 18.7 Å². The molecule has 176 valence electrons. The SMILES string of the molecule is CC[C@H](Sc1nnc2c(=O)n(-c3ccc(F)cc3)ccn12)C(=O)Nc1cc(OC)cc(OC)c1. The van der Waals surface area contributed by atoms with E-state index < -0.39 is 16.6 Å². The first-order chi connectivity index (χ1) is 16.4. The highest BCUT2D eigenvalue weighted by atomic mass is 32.2. The number of halogens is 1. The number of anilines is 1. The number of carbonyl (C=O) groups excluding carboxylic acids is 1. The van der Waals surface area contributed by atoms with E-state index in [0.29, 0.717) is 34.5 Å². The van der Waals surface area contributed by atoms with E-state index in [1.54, 1.807) is 30.6 Å². The number of aromatic nitrogens is 4. The lowest BCUT2D eigenvalue weighted by molar-refractivity contribution is -0.115. The number of hydrogen-bond donors (Lipinski definition) is 1. The van der Waals surface area contributed by atoms with E-state index in [-0.39, 0.29) is 11.6 Å². The van der Waals surface area contributed by atoms with Gasteiger partial charge in [-0.15, -0.1) is 10.2 Å². The number of hydrogen-bond acceptors (Lipinski definition) is 7. The number of thioether (sulfide) groups is 1. The fourth-order valence-electron chi connectivity index (χ4n) is 3.30. The first-order valence-corrected chi connectivity index (χ1v) is 11.2. The number of nitrogens with zero attached hydrogens (tertiary/aromatic N) is 4. The molecule has 11 heteroatoms. The Morgan fingerprint density at radius 2 is 1.76 bits per heavy atom. The molecule has 0 aliphatic rings. The van der Waals surface area contributed by atoms with Crippen LogP contribution in [0.2, 0.25) is 0 Å². The van der Waals surface area contributed by atoms with Crippen molar-refractivity contribution >= 4 is 29.0 Å². The molecule has 1 N–H and O–H groups in total. The van der Waals surface area contributed by atoms with Crippen molar-refractivity contribution in [3.8, 4) is 17.2 Å². The lowest BCUT2D eigenvalue weighted by atomic mass is 10.2. The molecule has 0 aliphatic heterocycles. The van der Waals surface area contributed by atoms with Crippen LogP contribution in [0.4, 0.5) is 10.1 Å². The van der Waals surface area contributed by atoms with Crippen molar-refractivity contribution in [1.29, 1.82) is 0 Å². The Kier molecular flexibility index (Phi) is 6.82. The Hall–Kier alpha value is -3.86. The third-order valence-electron chi connectivity index (χ3n) is 5.07. The van der Waals surface area contributed by atoms with Crippen molar-refractivity contribution in [2.45, 2.75) is 23.8 Å². The Morgan fingerprint density at radius 1 is 1.09 bits per heavy atom. The highest BCUT2D eigenvalue weighted by Gasteiger charge is 2.22. The summed E-state index contributed by atoms with van der Waals surface area (Å²) in [5.74, 6) is 0.474. The monoisotopic (exact) mass is 483 g/mol. The molecule has 0 unspecified atom stereocenters. The smallest absolute Gasteiger partial charge is 0.300 e. The van der Waals surface area contributed by atoms with Crippen LogP contribution in [0.15, 0.2) is 64.8 Å². The van der Waals surface area contributed by atoms with Gasteiger partial charge in [-0.05, 0) is 30.7 Å². The van der Waals surface area contributed by atoms with Crippen LogP contribution >= 0.6 is 11.8 Å². The summed E-state index contributed by atoms with van der Waals surface area (Å²) < 4.78 is 26.6. The number of nitrogens with one attached hydrogen (secondary N) is 1. The Morgan fingerprint density at radius 3 is 2.38 bits per heavy atom. The molecular weight excluding hydrogens is 461 g/mol. The summed E-state index contributed by atoms with van der Waals surface area (Å²) in [5, 5.41) is 10.9. The van der Waals surface area contributed by atoms with Crippen molar-refractivity contribution in [1.82, 2.24) is 19.2 Å². The predicted octanol–water partition coefficient (Wildman–Crippen LogP) is 3.55. The Balaban J connectivity index is 1.57. The number of ether oxygens (including phenoxy) is 2. The third kappa shape index (κ3) is 4.74. The summed E-state index contributed by atoms with van der Waals surface area (Å²) in [7, 11) is 3.07. The van der Waals surface area contributed by atoms with Gasteiger partial charge in [-0.3, -0.25) is 18.6 Å². The molecule has 0 aliphatic carbocycles. The summed E-state index contributed by atoms with van der Waals surface area (Å²) in [6.45, 7) is 1.88. The minimum absolute atomic E-state index is 0.0992. The van der Waals surface area contributed by atoms with Gasteiger partial charge in [0.05, 0.1) is 19.5 Å². The summed E-state index contributed by atoms with van der Waals surface area (Å²) in [6.07, 6.45) is 3.71. The van der Waals surface area contributed by atoms with E-state index in [0.717, 1.165) is 0 Å². The fraction of sp³-hybridized carbons (Fsp3) is 0.217. The fourth-order valence-corrected chi connectivity index (χ4v) is 4.24. The van der Waals surface area contributed by atoms with Gasteiger partial charge >= 0.3 is 5.56 Å². The van der Waals surface area contributed by atoms with Gasteiger partial charge in [0, 0.05) is 42.0 Å². The second-order valence-electron chi connectivity index (χ2n) is 7.23. The molecule has 4 rings (SSSR count). The maximum atomic E-state index is 13.2. The van der Waals surface area contributed by atoms with Gasteiger partial charge in [-0.2, -0.15) is 0 Å². The number of amides is 1. The van der Waals surface area contributed by atoms with Crippen molar-refractivity contribution in [3.63, 3.8) is 0 Å². The maximum absolute atomic E-state index is 13.2. The molecule has 0 saturated carbocycles. The number of carbonyl (C=O) groups is 1. The molecule has 0 saturated heterocycles. The Bertz CT molecular complexity index is 1360. The molecule has 2 heterocycles. The lowest BCUT2D eigenvalue weighted by Crippen LogP contribution is -2.25. The van der Waals surface area contributed by atoms with E-state index >= 15 is 0 Å². The van der Waals surface area contributed by atoms with E-state index in [9.17, 15) is 14.0 Å². The van der Waals surface area contributed by atoms with E-state index in [4.69, 9.17) is 9.47 Å². The first-order valence-electron chi connectivity index (χ1n) is 10.4. The van der Waals surface area contributed by atoms with Crippen LogP contribution in [0, 0.1) is 5.82 Å². The van der Waals surface area contributed by atoms with Crippen LogP contribution in [0.5, 0.6) is 11.5 Å². The quantitative estimate of drug-likeness (QED) is 0.383. The molecule has 0 fully saturated rings. The van der Waals surface area contributed by atoms with Crippen LogP contribution < -0.4 is 20.3 Å². The highest BCUT2D eigenvalue weighted by molar-refractivity contribution is 8.00. The van der Waals surface area contributed by atoms with Crippen LogP contribution in [0.3, 0.4) is 0 Å². The summed E-state index contributed by atoms with van der Waals surface area (Å²) in [6, 6.07) is 10.7. The van der Waals surface area contributed by atoms with Crippen LogP contribution in [-0.2, 0) is 4.79 Å². The summed E-state index contributed by atoms with van der Waals surface area (Å²) in [4.78, 5) is 25.9. The molecule has 9 nitrogen and oxygen atoms in total. The molecule has 34 heavy (non-hydrogen) atoms. The minimum atomic E-state index is -0.496. The maximum Gasteiger partial charge on any atom is 0.300 e. The second-order valence-corrected chi connectivity index (χ2v) is 8.40. The van der Waals surface area contributed by atoms with Gasteiger partial charge in [0.2, 0.25) is 11.6 Å². The van der Waals surface area contributed by atoms with Gasteiger partial charge in [0.25, 0.3) is 0 Å². The molecule has 2 aromatic carbocycles. The molecule has 2 aromatic heterocycles. The zero-order valence-electron chi connectivity index (χ0n) is 18.7. The minimum Gasteiger partial charge on any atom is -0.497 e. The average Bonchev–Trinajstić information content (AvgIpc) is 3.26. The van der Waals surface area contributed by atoms with Gasteiger partial charge < -0.3 is 14.8 Å². The van der Waals surface area contributed by atoms with Crippen LogP contribution in [0.1, 0.15) is 13.3 Å². The van der Waals surface area contributed by atoms with Crippen LogP contribution in [-0.4, -0.2) is 44.5 Å². The molecule has 4 aromatic rings. The standard InChI is InChI=1S/C23H22FN5O4S/c1-4-19(21(30)25-15-11-17(32-2)13-18(12-15)33-3)34-23-27-26-20-22(31)28(9-10-29(20)23)16-7-5-14(24)6-8-16/h5-13,19H,4H2,1-3H3,(H,25,30)/t19-/m0/s1. The number of fused-ring (bicyclic) bond motifs is 1. The number of rotatable bonds is 8. The normalized spacial score (nSPS) is 11.9. The van der Waals surface area contributed by atoms with E-state index in [1.165, 1.54) is 59.2 Å².